The second-order valence-electron chi connectivity index (χ2n) is 5.80. The summed E-state index contributed by atoms with van der Waals surface area (Å²) in [6.45, 7) is 5.89. The fourth-order valence-electron chi connectivity index (χ4n) is 3.51. The molecule has 24 heavy (non-hydrogen) atoms. The Morgan fingerprint density at radius 2 is 1.71 bits per heavy atom. The van der Waals surface area contributed by atoms with Crippen molar-refractivity contribution in [2.75, 3.05) is 18.1 Å². The first-order valence-electron chi connectivity index (χ1n) is 8.28. The maximum Gasteiger partial charge on any atom is 0.246 e. The molecule has 2 aromatic rings. The second kappa shape index (κ2) is 6.11. The van der Waals surface area contributed by atoms with Crippen LogP contribution in [0.3, 0.4) is 0 Å². The van der Waals surface area contributed by atoms with Gasteiger partial charge in [-0.1, -0.05) is 50.2 Å². The third-order valence-corrected chi connectivity index (χ3v) is 4.44. The molecule has 0 radical (unpaired) electrons. The van der Waals surface area contributed by atoms with E-state index in [0.29, 0.717) is 0 Å². The first-order valence-corrected chi connectivity index (χ1v) is 8.28. The van der Waals surface area contributed by atoms with E-state index in [1.54, 1.807) is 4.90 Å². The molecule has 0 aliphatic carbocycles. The van der Waals surface area contributed by atoms with Crippen LogP contribution in [0.1, 0.15) is 31.9 Å². The normalized spacial score (nSPS) is 20.1. The van der Waals surface area contributed by atoms with Gasteiger partial charge in [0.25, 0.3) is 0 Å². The number of nitrogens with zero attached hydrogens (tertiary/aromatic N) is 1. The Bertz CT molecular complexity index is 799. The van der Waals surface area contributed by atoms with Gasteiger partial charge in [-0.3, -0.25) is 9.59 Å². The maximum atomic E-state index is 13.2. The summed E-state index contributed by atoms with van der Waals surface area (Å²) in [5.41, 5.74) is 1.80. The molecular weight excluding hydrogens is 302 g/mol. The lowest BCUT2D eigenvalue weighted by Gasteiger charge is -2.22. The molecule has 2 aromatic carbocycles. The van der Waals surface area contributed by atoms with Gasteiger partial charge in [-0.2, -0.15) is 0 Å². The highest BCUT2D eigenvalue weighted by Crippen LogP contribution is 2.51. The third-order valence-electron chi connectivity index (χ3n) is 4.44. The van der Waals surface area contributed by atoms with Gasteiger partial charge in [-0.15, -0.1) is 0 Å². The van der Waals surface area contributed by atoms with Crippen molar-refractivity contribution in [1.82, 2.24) is 0 Å². The number of carbonyl (C=O) groups excluding carboxylic acids is 2. The van der Waals surface area contributed by atoms with Crippen molar-refractivity contribution in [2.45, 2.75) is 26.2 Å². The lowest BCUT2D eigenvalue weighted by atomic mass is 9.77. The highest BCUT2D eigenvalue weighted by molar-refractivity contribution is 6.13. The summed E-state index contributed by atoms with van der Waals surface area (Å²) in [5.74, 6) is 0.636. The molecule has 1 spiro atoms. The molecule has 124 valence electrons. The monoisotopic (exact) mass is 323 g/mol. The summed E-state index contributed by atoms with van der Waals surface area (Å²) in [5, 5.41) is 0. The van der Waals surface area contributed by atoms with Gasteiger partial charge in [-0.05, 0) is 24.6 Å². The first kappa shape index (κ1) is 16.2. The van der Waals surface area contributed by atoms with E-state index in [2.05, 4.69) is 0 Å². The number of hydrogen-bond donors (Lipinski definition) is 0. The van der Waals surface area contributed by atoms with Crippen LogP contribution in [0.25, 0.3) is 0 Å². The van der Waals surface area contributed by atoms with Crippen LogP contribution in [0.15, 0.2) is 48.5 Å². The molecule has 0 aromatic heterocycles. The number of anilines is 1. The minimum atomic E-state index is -0.817. The summed E-state index contributed by atoms with van der Waals surface area (Å²) >= 11 is 0. The number of amides is 1. The summed E-state index contributed by atoms with van der Waals surface area (Å²) in [6.07, 6.45) is 0. The van der Waals surface area contributed by atoms with Crippen LogP contribution in [-0.2, 0) is 15.0 Å². The Morgan fingerprint density at radius 3 is 2.42 bits per heavy atom. The molecule has 1 atom stereocenters. The van der Waals surface area contributed by atoms with Crippen molar-refractivity contribution in [3.63, 3.8) is 0 Å². The molecule has 4 heteroatoms. The first-order chi connectivity index (χ1) is 11.6. The second-order valence-corrected chi connectivity index (χ2v) is 5.80. The number of hydrogen-bond acceptors (Lipinski definition) is 3. The maximum absolute atomic E-state index is 13.2. The zero-order valence-electron chi connectivity index (χ0n) is 14.2. The molecule has 2 aliphatic heterocycles. The average molecular weight is 323 g/mol. The zero-order chi connectivity index (χ0) is 17.3. The molecular formula is C20H21NO3. The highest BCUT2D eigenvalue weighted by Gasteiger charge is 2.56. The molecule has 1 unspecified atom stereocenters. The molecule has 0 fully saturated rings. The number of ketones is 1. The van der Waals surface area contributed by atoms with E-state index in [1.807, 2.05) is 62.4 Å². The fraction of sp³-hybridized carbons (Fsp3) is 0.300. The predicted molar refractivity (Wildman–Crippen MR) is 93.5 cm³/mol. The Morgan fingerprint density at radius 1 is 1.08 bits per heavy atom. The van der Waals surface area contributed by atoms with Gasteiger partial charge in [0.05, 0.1) is 6.54 Å². The van der Waals surface area contributed by atoms with Crippen LogP contribution < -0.4 is 9.64 Å². The summed E-state index contributed by atoms with van der Waals surface area (Å²) in [4.78, 5) is 26.3. The number of ether oxygens (including phenoxy) is 1. The van der Waals surface area contributed by atoms with E-state index < -0.39 is 5.41 Å². The number of Topliss-reactive ketones (excluding diaryl/α,β-unsaturated/α-hetero) is 1. The number of fused-ring (bicyclic) bond motifs is 4. The smallest absolute Gasteiger partial charge is 0.246 e. The molecule has 0 bridgehead atoms. The predicted octanol–water partition coefficient (Wildman–Crippen LogP) is 3.33. The summed E-state index contributed by atoms with van der Waals surface area (Å²) in [6, 6.07) is 15.3. The topological polar surface area (TPSA) is 46.6 Å². The third kappa shape index (κ3) is 2.13. The molecule has 4 rings (SSSR count). The Hall–Kier alpha value is -2.62. The van der Waals surface area contributed by atoms with Crippen molar-refractivity contribution in [1.29, 1.82) is 0 Å². The van der Waals surface area contributed by atoms with Crippen LogP contribution in [0, 0.1) is 0 Å². The minimum Gasteiger partial charge on any atom is -0.491 e. The zero-order valence-corrected chi connectivity index (χ0v) is 14.2. The lowest BCUT2D eigenvalue weighted by Crippen LogP contribution is -2.44. The van der Waals surface area contributed by atoms with Crippen molar-refractivity contribution >= 4 is 17.4 Å². The standard InChI is InChI=1S/C18H15NO3.C2H6/c1-12(20)10-19-15-8-4-2-6-13(15)18(17(19)21)11-22-16-9-5-3-7-14(16)18;1-2/h2-9H,10-11H2,1H3;1-2H3. The van der Waals surface area contributed by atoms with E-state index in [-0.39, 0.29) is 24.8 Å². The van der Waals surface area contributed by atoms with E-state index in [9.17, 15) is 9.59 Å². The van der Waals surface area contributed by atoms with Crippen LogP contribution in [0.2, 0.25) is 0 Å². The molecule has 0 N–H and O–H groups in total. The molecule has 4 nitrogen and oxygen atoms in total. The van der Waals surface area contributed by atoms with E-state index in [0.717, 1.165) is 22.6 Å². The highest BCUT2D eigenvalue weighted by atomic mass is 16.5. The molecule has 0 saturated carbocycles. The van der Waals surface area contributed by atoms with Gasteiger partial charge in [-0.25, -0.2) is 0 Å². The summed E-state index contributed by atoms with van der Waals surface area (Å²) in [7, 11) is 0. The number of benzene rings is 2. The van der Waals surface area contributed by atoms with Crippen LogP contribution in [0.5, 0.6) is 5.75 Å². The van der Waals surface area contributed by atoms with Crippen molar-refractivity contribution in [3.05, 3.63) is 59.7 Å². The quantitative estimate of drug-likeness (QED) is 0.851. The van der Waals surface area contributed by atoms with Gasteiger partial charge >= 0.3 is 0 Å². The summed E-state index contributed by atoms with van der Waals surface area (Å²) < 4.78 is 5.78. The van der Waals surface area contributed by atoms with Gasteiger partial charge in [0.1, 0.15) is 23.6 Å². The largest absolute Gasteiger partial charge is 0.491 e. The van der Waals surface area contributed by atoms with Crippen molar-refractivity contribution in [3.8, 4) is 5.75 Å². The van der Waals surface area contributed by atoms with E-state index >= 15 is 0 Å². The minimum absolute atomic E-state index is 0.0348. The Kier molecular flexibility index (Phi) is 4.14. The van der Waals surface area contributed by atoms with Gasteiger partial charge in [0, 0.05) is 11.3 Å². The van der Waals surface area contributed by atoms with Crippen molar-refractivity contribution < 1.29 is 14.3 Å². The molecule has 1 amide bonds. The van der Waals surface area contributed by atoms with Crippen LogP contribution in [-0.4, -0.2) is 24.8 Å². The average Bonchev–Trinajstić information content (AvgIpc) is 3.11. The number of carbonyl (C=O) groups is 2. The SMILES string of the molecule is CC.CC(=O)CN1C(=O)C2(COc3ccccc32)c2ccccc21. The Labute approximate surface area is 142 Å². The molecule has 2 aliphatic rings. The van der Waals surface area contributed by atoms with Crippen LogP contribution in [0.4, 0.5) is 5.69 Å². The fourth-order valence-corrected chi connectivity index (χ4v) is 3.51. The molecule has 2 heterocycles. The number of rotatable bonds is 2. The van der Waals surface area contributed by atoms with E-state index in [4.69, 9.17) is 4.74 Å². The lowest BCUT2D eigenvalue weighted by molar-refractivity contribution is -0.124. The molecule has 0 saturated heterocycles. The van der Waals surface area contributed by atoms with E-state index in [1.165, 1.54) is 6.92 Å². The number of para-hydroxylation sites is 2. The van der Waals surface area contributed by atoms with Gasteiger partial charge in [0.2, 0.25) is 5.91 Å². The Balaban J connectivity index is 0.000000815. The van der Waals surface area contributed by atoms with Crippen LogP contribution >= 0.6 is 0 Å². The van der Waals surface area contributed by atoms with Crippen molar-refractivity contribution in [2.24, 2.45) is 0 Å². The van der Waals surface area contributed by atoms with Gasteiger partial charge in [0.15, 0.2) is 0 Å². The van der Waals surface area contributed by atoms with Gasteiger partial charge < -0.3 is 9.64 Å².